The summed E-state index contributed by atoms with van der Waals surface area (Å²) in [5.41, 5.74) is 13.6. The van der Waals surface area contributed by atoms with Gasteiger partial charge in [-0.25, -0.2) is 4.79 Å². The van der Waals surface area contributed by atoms with Gasteiger partial charge in [0.15, 0.2) is 10.4 Å². The van der Waals surface area contributed by atoms with E-state index in [1.807, 2.05) is 60.7 Å². The van der Waals surface area contributed by atoms with Crippen LogP contribution in [0.2, 0.25) is 0 Å². The van der Waals surface area contributed by atoms with Crippen LogP contribution < -0.4 is 11.5 Å². The summed E-state index contributed by atoms with van der Waals surface area (Å²) in [7, 11) is 0. The van der Waals surface area contributed by atoms with Crippen molar-refractivity contribution in [3.63, 3.8) is 0 Å². The van der Waals surface area contributed by atoms with E-state index in [1.54, 1.807) is 0 Å². The molecule has 0 spiro atoms. The number of carbonyl (C=O) groups is 2. The number of esters is 1. The van der Waals surface area contributed by atoms with E-state index >= 15 is 0 Å². The highest BCUT2D eigenvalue weighted by Gasteiger charge is 2.52. The Morgan fingerprint density at radius 1 is 1.09 bits per heavy atom. The summed E-state index contributed by atoms with van der Waals surface area (Å²) in [5, 5.41) is 7.91. The minimum absolute atomic E-state index is 0.209. The van der Waals surface area contributed by atoms with Crippen LogP contribution >= 0.6 is 34.9 Å². The number of carbonyl (C=O) groups excluding carboxylic acids is 2. The molecule has 1 aromatic heterocycles. The van der Waals surface area contributed by atoms with Gasteiger partial charge in [0.2, 0.25) is 11.0 Å². The number of fused-ring (bicyclic) bond motifs is 1. The van der Waals surface area contributed by atoms with Crippen molar-refractivity contribution in [3.05, 3.63) is 82.4 Å². The number of nitrogens with two attached hydrogens (primary N) is 2. The third-order valence-electron chi connectivity index (χ3n) is 5.23. The lowest BCUT2D eigenvalue weighted by Gasteiger charge is -2.48. The van der Waals surface area contributed by atoms with Gasteiger partial charge in [0, 0.05) is 10.7 Å². The molecule has 0 aliphatic carbocycles. The van der Waals surface area contributed by atoms with Crippen molar-refractivity contribution in [1.29, 1.82) is 0 Å². The zero-order valence-electron chi connectivity index (χ0n) is 17.2. The summed E-state index contributed by atoms with van der Waals surface area (Å²) in [5.74, 6) is -0.388. The van der Waals surface area contributed by atoms with Crippen molar-refractivity contribution in [2.45, 2.75) is 21.9 Å². The molecule has 3 heterocycles. The van der Waals surface area contributed by atoms with Gasteiger partial charge in [-0.05, 0) is 11.1 Å². The Balaban J connectivity index is 1.51. The van der Waals surface area contributed by atoms with Gasteiger partial charge in [-0.1, -0.05) is 83.8 Å². The van der Waals surface area contributed by atoms with Crippen molar-refractivity contribution < 1.29 is 14.3 Å². The molecule has 3 aromatic rings. The van der Waals surface area contributed by atoms with E-state index in [4.69, 9.17) is 16.2 Å². The van der Waals surface area contributed by atoms with Gasteiger partial charge in [0.1, 0.15) is 17.1 Å². The van der Waals surface area contributed by atoms with Crippen LogP contribution in [0.4, 0.5) is 5.13 Å². The molecule has 0 radical (unpaired) electrons. The number of hydrogen-bond acceptors (Lipinski definition) is 10. The van der Waals surface area contributed by atoms with E-state index < -0.39 is 18.1 Å². The predicted octanol–water partition coefficient (Wildman–Crippen LogP) is 3.00. The van der Waals surface area contributed by atoms with Gasteiger partial charge in [-0.2, -0.15) is 0 Å². The zero-order valence-corrected chi connectivity index (χ0v) is 19.6. The Hall–Kier alpha value is -2.86. The number of nitrogen functional groups attached to an aromatic ring is 1. The first kappa shape index (κ1) is 22.0. The van der Waals surface area contributed by atoms with E-state index in [0.29, 0.717) is 20.1 Å². The Labute approximate surface area is 202 Å². The number of hydrogen-bond donors (Lipinski definition) is 2. The Kier molecular flexibility index (Phi) is 6.11. The molecule has 2 aliphatic rings. The third kappa shape index (κ3) is 4.24. The molecule has 1 fully saturated rings. The molecule has 2 atom stereocenters. The molecule has 33 heavy (non-hydrogen) atoms. The minimum atomic E-state index is -0.638. The predicted molar refractivity (Wildman–Crippen MR) is 129 cm³/mol. The number of rotatable bonds is 6. The molecule has 1 amide bonds. The van der Waals surface area contributed by atoms with Crippen LogP contribution in [0.1, 0.15) is 17.2 Å². The molecular weight excluding hydrogens is 478 g/mol. The van der Waals surface area contributed by atoms with Crippen LogP contribution in [-0.4, -0.2) is 44.1 Å². The van der Waals surface area contributed by atoms with E-state index in [9.17, 15) is 9.59 Å². The molecule has 0 unspecified atom stereocenters. The number of anilines is 1. The van der Waals surface area contributed by atoms with Crippen LogP contribution in [-0.2, 0) is 14.3 Å². The van der Waals surface area contributed by atoms with E-state index in [1.165, 1.54) is 39.8 Å². The van der Waals surface area contributed by atoms with Gasteiger partial charge >= 0.3 is 5.97 Å². The summed E-state index contributed by atoms with van der Waals surface area (Å²) in [6, 6.07) is 18.4. The topological polar surface area (TPSA) is 124 Å². The Morgan fingerprint density at radius 3 is 2.30 bits per heavy atom. The largest absolute Gasteiger partial charge is 0.448 e. The minimum Gasteiger partial charge on any atom is -0.448 e. The fourth-order valence-corrected chi connectivity index (χ4v) is 6.89. The molecule has 8 nitrogen and oxygen atoms in total. The van der Waals surface area contributed by atoms with E-state index in [2.05, 4.69) is 10.2 Å². The summed E-state index contributed by atoms with van der Waals surface area (Å²) in [4.78, 5) is 28.3. The van der Waals surface area contributed by atoms with Crippen LogP contribution in [0.15, 0.2) is 75.6 Å². The first-order chi connectivity index (χ1) is 16.0. The second-order valence-electron chi connectivity index (χ2n) is 7.32. The molecule has 4 N–H and O–H groups in total. The van der Waals surface area contributed by atoms with Crippen molar-refractivity contribution in [1.82, 2.24) is 15.1 Å². The van der Waals surface area contributed by atoms with Crippen molar-refractivity contribution in [2.24, 2.45) is 5.73 Å². The number of thioether (sulfide) groups is 2. The molecule has 2 aliphatic heterocycles. The van der Waals surface area contributed by atoms with Crippen molar-refractivity contribution in [3.8, 4) is 0 Å². The smallest absolute Gasteiger partial charge is 0.356 e. The fourth-order valence-electron chi connectivity index (χ4n) is 3.67. The molecule has 5 rings (SSSR count). The normalized spacial score (nSPS) is 19.9. The maximum absolute atomic E-state index is 13.6. The lowest BCUT2D eigenvalue weighted by atomic mass is 10.0. The second-order valence-corrected chi connectivity index (χ2v) is 10.8. The van der Waals surface area contributed by atoms with Crippen LogP contribution in [0.25, 0.3) is 0 Å². The molecule has 0 saturated carbocycles. The van der Waals surface area contributed by atoms with Gasteiger partial charge in [0.25, 0.3) is 0 Å². The Bertz CT molecular complexity index is 1180. The molecule has 168 valence electrons. The molecule has 11 heteroatoms. The SMILES string of the molecule is Nc1nnc(SC2=C(C(=O)OC(c3ccccc3)c3ccccc3)N3C(=O)[C@@H](N)[C@@H]3SC2)s1. The highest BCUT2D eigenvalue weighted by atomic mass is 32.2. The molecule has 2 aromatic carbocycles. The standard InChI is InChI=1S/C22H19N5O3S3/c23-15-18(28)27-16(14(11-31-19(15)27)32-22-26-25-21(24)33-22)20(29)30-17(12-7-3-1-4-8-12)13-9-5-2-6-10-13/h1-10,15,17,19H,11,23H2,(H2,24,25)/t15-,19+/m1/s1. The summed E-state index contributed by atoms with van der Waals surface area (Å²) < 4.78 is 6.65. The number of amides is 1. The van der Waals surface area contributed by atoms with Gasteiger partial charge in [-0.15, -0.1) is 22.0 Å². The second kappa shape index (κ2) is 9.18. The average Bonchev–Trinajstić information content (AvgIpc) is 3.27. The van der Waals surface area contributed by atoms with Crippen LogP contribution in [0.5, 0.6) is 0 Å². The first-order valence-electron chi connectivity index (χ1n) is 10.0. The number of nitrogens with zero attached hydrogens (tertiary/aromatic N) is 3. The first-order valence-corrected chi connectivity index (χ1v) is 12.7. The van der Waals surface area contributed by atoms with Crippen molar-refractivity contribution >= 4 is 51.9 Å². The summed E-state index contributed by atoms with van der Waals surface area (Å²) in [6.45, 7) is 0. The maximum atomic E-state index is 13.6. The monoisotopic (exact) mass is 497 g/mol. The quantitative estimate of drug-likeness (QED) is 0.390. The zero-order chi connectivity index (χ0) is 22.9. The number of β-lactam (4-membered cyclic amide) rings is 1. The number of ether oxygens (including phenoxy) is 1. The van der Waals surface area contributed by atoms with E-state index in [-0.39, 0.29) is 17.0 Å². The van der Waals surface area contributed by atoms with Crippen molar-refractivity contribution in [2.75, 3.05) is 11.5 Å². The van der Waals surface area contributed by atoms with Crippen LogP contribution in [0.3, 0.4) is 0 Å². The number of aromatic nitrogens is 2. The lowest BCUT2D eigenvalue weighted by molar-refractivity contribution is -0.152. The Morgan fingerprint density at radius 2 is 1.73 bits per heavy atom. The van der Waals surface area contributed by atoms with Gasteiger partial charge in [-0.3, -0.25) is 9.69 Å². The molecular formula is C22H19N5O3S3. The maximum Gasteiger partial charge on any atom is 0.356 e. The fraction of sp³-hybridized carbons (Fsp3) is 0.182. The molecule has 0 bridgehead atoms. The van der Waals surface area contributed by atoms with Gasteiger partial charge < -0.3 is 16.2 Å². The summed E-state index contributed by atoms with van der Waals surface area (Å²) >= 11 is 4.00. The molecule has 1 saturated heterocycles. The lowest BCUT2D eigenvalue weighted by Crippen LogP contribution is -2.68. The van der Waals surface area contributed by atoms with E-state index in [0.717, 1.165) is 11.1 Å². The van der Waals surface area contributed by atoms with Gasteiger partial charge in [0.05, 0.1) is 0 Å². The van der Waals surface area contributed by atoms with Crippen LogP contribution in [0, 0.1) is 0 Å². The highest BCUT2D eigenvalue weighted by molar-refractivity contribution is 8.07. The number of benzene rings is 2. The summed E-state index contributed by atoms with van der Waals surface area (Å²) in [6.07, 6.45) is -0.631. The average molecular weight is 498 g/mol. The third-order valence-corrected chi connectivity index (χ3v) is 8.60. The highest BCUT2D eigenvalue weighted by Crippen LogP contribution is 2.46.